The second-order valence-corrected chi connectivity index (χ2v) is 12.1. The first-order chi connectivity index (χ1) is 20.7. The largest absolute Gasteiger partial charge is 0.493 e. The van der Waals surface area contributed by atoms with E-state index >= 15 is 0 Å². The molecule has 9 nitrogen and oxygen atoms in total. The Kier molecular flexibility index (Phi) is 11.7. The highest BCUT2D eigenvalue weighted by Gasteiger charge is 2.38. The smallest absolute Gasteiger partial charge is 0.260 e. The fourth-order valence-electron chi connectivity index (χ4n) is 5.81. The summed E-state index contributed by atoms with van der Waals surface area (Å²) in [6, 6.07) is 11.7. The van der Waals surface area contributed by atoms with Crippen LogP contribution in [0.25, 0.3) is 0 Å². The Morgan fingerprint density at radius 3 is 2.26 bits per heavy atom. The minimum atomic E-state index is -0.0397. The summed E-state index contributed by atoms with van der Waals surface area (Å²) < 4.78 is 22.6. The SMILES string of the molecule is COCCCOc1cc(C(=O)N(C[C@@H]2CNCC2CN(C(=O)COc2c(C)cccc2C)C2CC2)C(C)C)ccc1OC. The van der Waals surface area contributed by atoms with Gasteiger partial charge < -0.3 is 34.1 Å². The summed E-state index contributed by atoms with van der Waals surface area (Å²) in [6.07, 6.45) is 2.80. The lowest BCUT2D eigenvalue weighted by Crippen LogP contribution is -2.45. The van der Waals surface area contributed by atoms with Gasteiger partial charge in [0.15, 0.2) is 18.1 Å². The van der Waals surface area contributed by atoms with Gasteiger partial charge in [0, 0.05) is 64.0 Å². The van der Waals surface area contributed by atoms with E-state index in [-0.39, 0.29) is 42.3 Å². The first-order valence-electron chi connectivity index (χ1n) is 15.5. The van der Waals surface area contributed by atoms with Crippen LogP contribution in [0.2, 0.25) is 0 Å². The summed E-state index contributed by atoms with van der Waals surface area (Å²) in [5.74, 6) is 2.40. The van der Waals surface area contributed by atoms with Crippen LogP contribution in [-0.4, -0.2) is 93.9 Å². The fraction of sp³-hybridized carbons (Fsp3) is 0.588. The number of nitrogens with one attached hydrogen (secondary N) is 1. The van der Waals surface area contributed by atoms with Crippen molar-refractivity contribution in [3.63, 3.8) is 0 Å². The molecule has 1 aliphatic carbocycles. The molecule has 2 aromatic carbocycles. The molecule has 9 heteroatoms. The Bertz CT molecular complexity index is 1210. The number of methoxy groups -OCH3 is 2. The molecule has 1 saturated heterocycles. The standard InChI is InChI=1S/C34H49N3O6/c1-23(2)36(34(39)26-11-14-30(41-6)31(17-26)42-16-8-15-40-5)20-27-18-35-19-28(27)21-37(29-12-13-29)32(38)22-43-33-24(3)9-7-10-25(33)4/h7,9-11,14,17,23,27-29,35H,8,12-13,15-16,18-22H2,1-6H3/t27-,28?/m0/s1. The summed E-state index contributed by atoms with van der Waals surface area (Å²) >= 11 is 0. The van der Waals surface area contributed by atoms with Crippen LogP contribution in [0, 0.1) is 25.7 Å². The van der Waals surface area contributed by atoms with Gasteiger partial charge in [0.25, 0.3) is 11.8 Å². The maximum atomic E-state index is 13.8. The van der Waals surface area contributed by atoms with E-state index in [0.717, 1.165) is 49.2 Å². The molecular weight excluding hydrogens is 546 g/mol. The maximum absolute atomic E-state index is 13.8. The van der Waals surface area contributed by atoms with Gasteiger partial charge >= 0.3 is 0 Å². The molecular formula is C34H49N3O6. The summed E-state index contributed by atoms with van der Waals surface area (Å²) in [4.78, 5) is 31.2. The van der Waals surface area contributed by atoms with Gasteiger partial charge in [-0.1, -0.05) is 18.2 Å². The number of para-hydroxylation sites is 1. The van der Waals surface area contributed by atoms with Crippen molar-refractivity contribution in [3.8, 4) is 17.2 Å². The van der Waals surface area contributed by atoms with Gasteiger partial charge in [0.1, 0.15) is 5.75 Å². The highest BCUT2D eigenvalue weighted by molar-refractivity contribution is 5.95. The first kappa shape index (κ1) is 32.6. The van der Waals surface area contributed by atoms with E-state index in [1.807, 2.05) is 55.7 Å². The summed E-state index contributed by atoms with van der Waals surface area (Å²) in [5.41, 5.74) is 2.63. The lowest BCUT2D eigenvalue weighted by Gasteiger charge is -2.33. The number of benzene rings is 2. The quantitative estimate of drug-likeness (QED) is 0.286. The zero-order chi connectivity index (χ0) is 30.9. The van der Waals surface area contributed by atoms with Crippen LogP contribution >= 0.6 is 0 Å². The third-order valence-electron chi connectivity index (χ3n) is 8.44. The maximum Gasteiger partial charge on any atom is 0.260 e. The molecule has 43 heavy (non-hydrogen) atoms. The zero-order valence-corrected chi connectivity index (χ0v) is 26.7. The van der Waals surface area contributed by atoms with Crippen LogP contribution in [0.4, 0.5) is 0 Å². The van der Waals surface area contributed by atoms with Crippen molar-refractivity contribution in [2.45, 2.75) is 59.0 Å². The van der Waals surface area contributed by atoms with E-state index in [0.29, 0.717) is 43.4 Å². The molecule has 1 aliphatic heterocycles. The van der Waals surface area contributed by atoms with E-state index < -0.39 is 0 Å². The third kappa shape index (κ3) is 8.63. The van der Waals surface area contributed by atoms with Crippen LogP contribution in [0.15, 0.2) is 36.4 Å². The minimum Gasteiger partial charge on any atom is -0.493 e. The third-order valence-corrected chi connectivity index (χ3v) is 8.44. The molecule has 236 valence electrons. The lowest BCUT2D eigenvalue weighted by molar-refractivity contribution is -0.134. The highest BCUT2D eigenvalue weighted by atomic mass is 16.5. The summed E-state index contributed by atoms with van der Waals surface area (Å²) in [7, 11) is 3.26. The van der Waals surface area contributed by atoms with Gasteiger partial charge in [-0.3, -0.25) is 9.59 Å². The molecule has 0 radical (unpaired) electrons. The molecule has 1 heterocycles. The minimum absolute atomic E-state index is 0.00819. The van der Waals surface area contributed by atoms with Crippen LogP contribution in [-0.2, 0) is 9.53 Å². The number of ether oxygens (including phenoxy) is 4. The molecule has 0 spiro atoms. The van der Waals surface area contributed by atoms with Gasteiger partial charge in [-0.25, -0.2) is 0 Å². The monoisotopic (exact) mass is 595 g/mol. The van der Waals surface area contributed by atoms with Crippen LogP contribution in [0.3, 0.4) is 0 Å². The highest BCUT2D eigenvalue weighted by Crippen LogP contribution is 2.32. The van der Waals surface area contributed by atoms with Gasteiger partial charge in [0.2, 0.25) is 0 Å². The van der Waals surface area contributed by atoms with Crippen molar-refractivity contribution in [1.29, 1.82) is 0 Å². The molecule has 4 rings (SSSR count). The molecule has 1 N–H and O–H groups in total. The number of amides is 2. The normalized spacial score (nSPS) is 18.0. The molecule has 1 unspecified atom stereocenters. The number of hydrogen-bond donors (Lipinski definition) is 1. The molecule has 2 fully saturated rings. The van der Waals surface area contributed by atoms with Gasteiger partial charge in [0.05, 0.1) is 13.7 Å². The Labute approximate surface area is 256 Å². The average Bonchev–Trinajstić information content (AvgIpc) is 3.74. The van der Waals surface area contributed by atoms with Crippen LogP contribution in [0.1, 0.15) is 54.6 Å². The zero-order valence-electron chi connectivity index (χ0n) is 26.7. The van der Waals surface area contributed by atoms with Crippen molar-refractivity contribution < 1.29 is 28.5 Å². The molecule has 2 aliphatic rings. The average molecular weight is 596 g/mol. The molecule has 0 aromatic heterocycles. The Morgan fingerprint density at radius 1 is 0.930 bits per heavy atom. The molecule has 2 amide bonds. The number of nitrogens with zero attached hydrogens (tertiary/aromatic N) is 2. The first-order valence-corrected chi connectivity index (χ1v) is 15.5. The molecule has 0 bridgehead atoms. The van der Waals surface area contributed by atoms with E-state index in [9.17, 15) is 9.59 Å². The second-order valence-electron chi connectivity index (χ2n) is 12.1. The Hall–Kier alpha value is -3.30. The van der Waals surface area contributed by atoms with Crippen molar-refractivity contribution in [1.82, 2.24) is 15.1 Å². The van der Waals surface area contributed by atoms with Crippen molar-refractivity contribution in [2.24, 2.45) is 11.8 Å². The predicted octanol–water partition coefficient (Wildman–Crippen LogP) is 4.48. The number of rotatable bonds is 16. The number of carbonyl (C=O) groups excluding carboxylic acids is 2. The van der Waals surface area contributed by atoms with Crippen LogP contribution in [0.5, 0.6) is 17.2 Å². The van der Waals surface area contributed by atoms with Gasteiger partial charge in [-0.05, 0) is 81.7 Å². The van der Waals surface area contributed by atoms with E-state index in [1.165, 1.54) is 0 Å². The number of carbonyl (C=O) groups is 2. The van der Waals surface area contributed by atoms with Gasteiger partial charge in [-0.15, -0.1) is 0 Å². The summed E-state index contributed by atoms with van der Waals surface area (Å²) in [5, 5.41) is 3.53. The number of aryl methyl sites for hydroxylation is 2. The lowest BCUT2D eigenvalue weighted by atomic mass is 9.93. The summed E-state index contributed by atoms with van der Waals surface area (Å²) in [6.45, 7) is 12.1. The van der Waals surface area contributed by atoms with E-state index in [2.05, 4.69) is 5.32 Å². The van der Waals surface area contributed by atoms with E-state index in [4.69, 9.17) is 18.9 Å². The molecule has 2 aromatic rings. The van der Waals surface area contributed by atoms with Crippen molar-refractivity contribution in [3.05, 3.63) is 53.1 Å². The fourth-order valence-corrected chi connectivity index (χ4v) is 5.81. The molecule has 1 saturated carbocycles. The van der Waals surface area contributed by atoms with Crippen LogP contribution < -0.4 is 19.5 Å². The Morgan fingerprint density at radius 2 is 1.63 bits per heavy atom. The number of hydrogen-bond acceptors (Lipinski definition) is 7. The van der Waals surface area contributed by atoms with Gasteiger partial charge in [-0.2, -0.15) is 0 Å². The van der Waals surface area contributed by atoms with E-state index in [1.54, 1.807) is 32.4 Å². The second kappa shape index (κ2) is 15.4. The van der Waals surface area contributed by atoms with Crippen molar-refractivity contribution in [2.75, 3.05) is 60.2 Å². The molecule has 2 atom stereocenters. The van der Waals surface area contributed by atoms with Crippen molar-refractivity contribution >= 4 is 11.8 Å². The topological polar surface area (TPSA) is 89.6 Å². The Balaban J connectivity index is 1.41. The predicted molar refractivity (Wildman–Crippen MR) is 167 cm³/mol.